The minimum atomic E-state index is -4.58. The molecule has 1 amide bonds. The van der Waals surface area contributed by atoms with Crippen LogP contribution in [0.4, 0.5) is 19.1 Å². The molecule has 0 unspecified atom stereocenters. The van der Waals surface area contributed by atoms with Crippen LogP contribution in [0.1, 0.15) is 35.8 Å². The fourth-order valence-corrected chi connectivity index (χ4v) is 3.14. The monoisotopic (exact) mass is 403 g/mol. The van der Waals surface area contributed by atoms with Gasteiger partial charge in [0.1, 0.15) is 6.54 Å². The summed E-state index contributed by atoms with van der Waals surface area (Å²) in [4.78, 5) is 20.0. The van der Waals surface area contributed by atoms with Crippen molar-refractivity contribution in [2.45, 2.75) is 38.4 Å². The lowest BCUT2D eigenvalue weighted by Crippen LogP contribution is -2.22. The molecule has 1 aliphatic carbocycles. The van der Waals surface area contributed by atoms with Gasteiger partial charge in [0, 0.05) is 17.8 Å². The molecular weight excluding hydrogens is 391 g/mol. The Labute approximate surface area is 143 Å². The zero-order chi connectivity index (χ0) is 17.5. The average molecular weight is 404 g/mol. The Kier molecular flexibility index (Phi) is 4.33. The van der Waals surface area contributed by atoms with Crippen molar-refractivity contribution in [1.82, 2.24) is 19.7 Å². The van der Waals surface area contributed by atoms with Crippen LogP contribution in [0, 0.1) is 6.92 Å². The quantitative estimate of drug-likeness (QED) is 0.849. The molecule has 1 N–H and O–H groups in total. The van der Waals surface area contributed by atoms with Crippen LogP contribution >= 0.6 is 15.9 Å². The van der Waals surface area contributed by atoms with Crippen LogP contribution < -0.4 is 5.32 Å². The maximum Gasteiger partial charge on any atom is 0.436 e. The molecule has 0 aromatic carbocycles. The SMILES string of the molecule is Cc1ccnc(NC(=O)Cn2nc(C(F)(F)F)c(Br)c2C2CC2)n1. The number of carbonyl (C=O) groups excluding carboxylic acids is 1. The first-order chi connectivity index (χ1) is 11.3. The number of amides is 1. The highest BCUT2D eigenvalue weighted by Gasteiger charge is 2.41. The van der Waals surface area contributed by atoms with Gasteiger partial charge in [0.05, 0.1) is 10.2 Å². The second-order valence-electron chi connectivity index (χ2n) is 5.55. The van der Waals surface area contributed by atoms with Gasteiger partial charge in [-0.2, -0.15) is 18.3 Å². The molecule has 2 aromatic heterocycles. The maximum atomic E-state index is 13.0. The number of hydrogen-bond acceptors (Lipinski definition) is 4. The molecule has 0 atom stereocenters. The van der Waals surface area contributed by atoms with E-state index in [4.69, 9.17) is 0 Å². The fourth-order valence-electron chi connectivity index (χ4n) is 2.31. The Balaban J connectivity index is 1.83. The van der Waals surface area contributed by atoms with Gasteiger partial charge in [-0.05, 0) is 41.8 Å². The van der Waals surface area contributed by atoms with Crippen molar-refractivity contribution >= 4 is 27.8 Å². The van der Waals surface area contributed by atoms with Crippen molar-refractivity contribution in [3.63, 3.8) is 0 Å². The van der Waals surface area contributed by atoms with Crippen molar-refractivity contribution < 1.29 is 18.0 Å². The van der Waals surface area contributed by atoms with Crippen LogP contribution in [0.3, 0.4) is 0 Å². The maximum absolute atomic E-state index is 13.0. The van der Waals surface area contributed by atoms with E-state index in [-0.39, 0.29) is 22.9 Å². The highest BCUT2D eigenvalue weighted by Crippen LogP contribution is 2.46. The van der Waals surface area contributed by atoms with E-state index < -0.39 is 17.8 Å². The molecule has 3 rings (SSSR count). The van der Waals surface area contributed by atoms with E-state index in [1.807, 2.05) is 0 Å². The van der Waals surface area contributed by atoms with Gasteiger partial charge in [0.2, 0.25) is 11.9 Å². The van der Waals surface area contributed by atoms with E-state index in [0.29, 0.717) is 11.4 Å². The molecule has 1 saturated carbocycles. The number of anilines is 1. The van der Waals surface area contributed by atoms with Gasteiger partial charge in [0.25, 0.3) is 0 Å². The Hall–Kier alpha value is -1.97. The zero-order valence-corrected chi connectivity index (χ0v) is 14.1. The molecule has 0 aliphatic heterocycles. The predicted octanol–water partition coefficient (Wildman–Crippen LogP) is 3.28. The molecule has 0 bridgehead atoms. The number of hydrogen-bond donors (Lipinski definition) is 1. The molecule has 2 aromatic rings. The molecule has 0 radical (unpaired) electrons. The highest BCUT2D eigenvalue weighted by atomic mass is 79.9. The lowest BCUT2D eigenvalue weighted by atomic mass is 10.2. The van der Waals surface area contributed by atoms with Gasteiger partial charge in [-0.25, -0.2) is 9.97 Å². The average Bonchev–Trinajstić information content (AvgIpc) is 3.23. The van der Waals surface area contributed by atoms with Gasteiger partial charge in [0.15, 0.2) is 5.69 Å². The lowest BCUT2D eigenvalue weighted by molar-refractivity contribution is -0.142. The topological polar surface area (TPSA) is 72.7 Å². The van der Waals surface area contributed by atoms with E-state index >= 15 is 0 Å². The number of nitrogens with zero attached hydrogens (tertiary/aromatic N) is 4. The summed E-state index contributed by atoms with van der Waals surface area (Å²) in [5.74, 6) is -0.438. The summed E-state index contributed by atoms with van der Waals surface area (Å²) in [6.45, 7) is 1.40. The molecule has 24 heavy (non-hydrogen) atoms. The van der Waals surface area contributed by atoms with E-state index in [9.17, 15) is 18.0 Å². The van der Waals surface area contributed by atoms with Gasteiger partial charge in [-0.15, -0.1) is 0 Å². The Morgan fingerprint density at radius 2 is 2.17 bits per heavy atom. The first-order valence-corrected chi connectivity index (χ1v) is 7.98. The summed E-state index contributed by atoms with van der Waals surface area (Å²) in [6, 6.07) is 1.67. The van der Waals surface area contributed by atoms with E-state index in [2.05, 4.69) is 36.3 Å². The van der Waals surface area contributed by atoms with Crippen LogP contribution in [-0.2, 0) is 17.5 Å². The number of halogens is 4. The van der Waals surface area contributed by atoms with E-state index in [0.717, 1.165) is 17.5 Å². The predicted molar refractivity (Wildman–Crippen MR) is 82.3 cm³/mol. The number of alkyl halides is 3. The summed E-state index contributed by atoms with van der Waals surface area (Å²) in [5, 5.41) is 6.05. The Bertz CT molecular complexity index is 785. The molecule has 2 heterocycles. The normalized spacial score (nSPS) is 14.7. The van der Waals surface area contributed by atoms with Gasteiger partial charge < -0.3 is 0 Å². The molecule has 1 fully saturated rings. The molecule has 10 heteroatoms. The Morgan fingerprint density at radius 1 is 1.46 bits per heavy atom. The second kappa shape index (κ2) is 6.15. The molecule has 6 nitrogen and oxygen atoms in total. The third-order valence-electron chi connectivity index (χ3n) is 3.50. The lowest BCUT2D eigenvalue weighted by Gasteiger charge is -2.07. The largest absolute Gasteiger partial charge is 0.436 e. The minimum absolute atomic E-state index is 0.00834. The van der Waals surface area contributed by atoms with E-state index in [1.165, 1.54) is 6.20 Å². The molecule has 1 aliphatic rings. The number of aryl methyl sites for hydroxylation is 1. The van der Waals surface area contributed by atoms with Crippen LogP contribution in [0.5, 0.6) is 0 Å². The number of rotatable bonds is 4. The van der Waals surface area contributed by atoms with Crippen molar-refractivity contribution in [2.75, 3.05) is 5.32 Å². The van der Waals surface area contributed by atoms with Crippen LogP contribution in [0.2, 0.25) is 0 Å². The number of carbonyl (C=O) groups is 1. The summed E-state index contributed by atoms with van der Waals surface area (Å²) in [6.07, 6.45) is -1.53. The van der Waals surface area contributed by atoms with E-state index in [1.54, 1.807) is 13.0 Å². The van der Waals surface area contributed by atoms with Crippen molar-refractivity contribution in [1.29, 1.82) is 0 Å². The van der Waals surface area contributed by atoms with Crippen molar-refractivity contribution in [2.24, 2.45) is 0 Å². The summed E-state index contributed by atoms with van der Waals surface area (Å²) >= 11 is 2.99. The third-order valence-corrected chi connectivity index (χ3v) is 4.29. The first kappa shape index (κ1) is 16.9. The van der Waals surface area contributed by atoms with Crippen LogP contribution in [0.25, 0.3) is 0 Å². The number of aromatic nitrogens is 4. The third kappa shape index (κ3) is 3.58. The smallest absolute Gasteiger partial charge is 0.293 e. The van der Waals surface area contributed by atoms with Gasteiger partial charge in [-0.3, -0.25) is 14.8 Å². The summed E-state index contributed by atoms with van der Waals surface area (Å²) in [5.41, 5.74) is 0.0619. The Morgan fingerprint density at radius 3 is 2.75 bits per heavy atom. The van der Waals surface area contributed by atoms with Crippen molar-refractivity contribution in [3.05, 3.63) is 33.8 Å². The van der Waals surface area contributed by atoms with Crippen LogP contribution in [0.15, 0.2) is 16.7 Å². The standard InChI is InChI=1S/C14H13BrF3N5O/c1-7-4-5-19-13(20-7)21-9(24)6-23-11(8-2-3-8)10(15)12(22-23)14(16,17)18/h4-5,8H,2-3,6H2,1H3,(H,19,20,21,24). The highest BCUT2D eigenvalue weighted by molar-refractivity contribution is 9.10. The molecule has 128 valence electrons. The molecular formula is C14H13BrF3N5O. The summed E-state index contributed by atoms with van der Waals surface area (Å²) < 4.78 is 40.1. The molecule has 0 saturated heterocycles. The summed E-state index contributed by atoms with van der Waals surface area (Å²) in [7, 11) is 0. The van der Waals surface area contributed by atoms with Gasteiger partial charge >= 0.3 is 6.18 Å². The molecule has 0 spiro atoms. The van der Waals surface area contributed by atoms with Crippen molar-refractivity contribution in [3.8, 4) is 0 Å². The minimum Gasteiger partial charge on any atom is -0.293 e. The fraction of sp³-hybridized carbons (Fsp3) is 0.429. The van der Waals surface area contributed by atoms with Crippen LogP contribution in [-0.4, -0.2) is 25.7 Å². The first-order valence-electron chi connectivity index (χ1n) is 7.18. The van der Waals surface area contributed by atoms with Gasteiger partial charge in [-0.1, -0.05) is 0 Å². The zero-order valence-electron chi connectivity index (χ0n) is 12.6. The number of nitrogens with one attached hydrogen (secondary N) is 1. The second-order valence-corrected chi connectivity index (χ2v) is 6.34.